The lowest BCUT2D eigenvalue weighted by Crippen LogP contribution is -2.03. The molecule has 0 saturated heterocycles. The number of rotatable bonds is 3. The van der Waals surface area contributed by atoms with Crippen LogP contribution in [-0.2, 0) is 6.54 Å². The fourth-order valence-electron chi connectivity index (χ4n) is 2.16. The van der Waals surface area contributed by atoms with Gasteiger partial charge in [0.05, 0.1) is 11.4 Å². The minimum Gasteiger partial charge on any atom is -0.325 e. The van der Waals surface area contributed by atoms with Crippen LogP contribution in [-0.4, -0.2) is 15.0 Å². The Morgan fingerprint density at radius 1 is 1.00 bits per heavy atom. The SMILES string of the molecule is NCc1nnn(-c2cccc(F)c2)c1-c1cccc(F)c1. The number of benzene rings is 2. The van der Waals surface area contributed by atoms with Crippen molar-refractivity contribution in [2.45, 2.75) is 6.54 Å². The highest BCUT2D eigenvalue weighted by atomic mass is 19.1. The van der Waals surface area contributed by atoms with E-state index in [1.54, 1.807) is 24.3 Å². The zero-order valence-electron chi connectivity index (χ0n) is 11.0. The number of halogens is 2. The predicted molar refractivity (Wildman–Crippen MR) is 74.6 cm³/mol. The molecule has 6 heteroatoms. The third-order valence-corrected chi connectivity index (χ3v) is 3.08. The van der Waals surface area contributed by atoms with Crippen molar-refractivity contribution in [3.05, 3.63) is 65.9 Å². The van der Waals surface area contributed by atoms with E-state index in [1.165, 1.54) is 28.9 Å². The molecule has 0 radical (unpaired) electrons. The van der Waals surface area contributed by atoms with Gasteiger partial charge in [-0.05, 0) is 30.3 Å². The molecule has 0 fully saturated rings. The van der Waals surface area contributed by atoms with Gasteiger partial charge >= 0.3 is 0 Å². The molecular weight excluding hydrogens is 274 g/mol. The van der Waals surface area contributed by atoms with Gasteiger partial charge in [0.15, 0.2) is 0 Å². The molecule has 0 atom stereocenters. The molecule has 0 unspecified atom stereocenters. The fraction of sp³-hybridized carbons (Fsp3) is 0.0667. The molecule has 0 spiro atoms. The molecule has 2 N–H and O–H groups in total. The molecule has 0 aliphatic rings. The molecule has 1 heterocycles. The van der Waals surface area contributed by atoms with Gasteiger partial charge in [-0.25, -0.2) is 13.5 Å². The maximum absolute atomic E-state index is 13.5. The highest BCUT2D eigenvalue weighted by Gasteiger charge is 2.16. The topological polar surface area (TPSA) is 56.7 Å². The number of nitrogens with zero attached hydrogens (tertiary/aromatic N) is 3. The maximum atomic E-state index is 13.5. The van der Waals surface area contributed by atoms with E-state index in [0.717, 1.165) is 0 Å². The van der Waals surface area contributed by atoms with Crippen molar-refractivity contribution in [3.8, 4) is 16.9 Å². The van der Waals surface area contributed by atoms with Gasteiger partial charge in [-0.2, -0.15) is 0 Å². The minimum atomic E-state index is -0.387. The largest absolute Gasteiger partial charge is 0.325 e. The highest BCUT2D eigenvalue weighted by Crippen LogP contribution is 2.25. The van der Waals surface area contributed by atoms with E-state index in [1.807, 2.05) is 0 Å². The van der Waals surface area contributed by atoms with E-state index in [2.05, 4.69) is 10.3 Å². The molecule has 0 bridgehead atoms. The Morgan fingerprint density at radius 2 is 1.71 bits per heavy atom. The Labute approximate surface area is 119 Å². The van der Waals surface area contributed by atoms with Crippen molar-refractivity contribution in [2.24, 2.45) is 5.73 Å². The molecule has 1 aromatic heterocycles. The molecule has 2 aromatic carbocycles. The van der Waals surface area contributed by atoms with E-state index in [-0.39, 0.29) is 18.2 Å². The molecule has 106 valence electrons. The highest BCUT2D eigenvalue weighted by molar-refractivity contribution is 5.64. The minimum absolute atomic E-state index is 0.154. The third kappa shape index (κ3) is 2.53. The molecule has 0 saturated carbocycles. The Kier molecular flexibility index (Phi) is 3.45. The van der Waals surface area contributed by atoms with E-state index in [0.29, 0.717) is 22.6 Å². The van der Waals surface area contributed by atoms with Gasteiger partial charge in [0.25, 0.3) is 0 Å². The van der Waals surface area contributed by atoms with E-state index < -0.39 is 0 Å². The summed E-state index contributed by atoms with van der Waals surface area (Å²) >= 11 is 0. The summed E-state index contributed by atoms with van der Waals surface area (Å²) in [5.41, 5.74) is 7.83. The van der Waals surface area contributed by atoms with Crippen molar-refractivity contribution in [1.29, 1.82) is 0 Å². The smallest absolute Gasteiger partial charge is 0.125 e. The van der Waals surface area contributed by atoms with Crippen LogP contribution in [0.25, 0.3) is 16.9 Å². The number of hydrogen-bond acceptors (Lipinski definition) is 3. The van der Waals surface area contributed by atoms with Crippen LogP contribution in [0.3, 0.4) is 0 Å². The third-order valence-electron chi connectivity index (χ3n) is 3.08. The quantitative estimate of drug-likeness (QED) is 0.805. The first-order valence-corrected chi connectivity index (χ1v) is 6.35. The van der Waals surface area contributed by atoms with Crippen LogP contribution in [0.4, 0.5) is 8.78 Å². The second kappa shape index (κ2) is 5.41. The molecule has 0 amide bonds. The lowest BCUT2D eigenvalue weighted by molar-refractivity contribution is 0.624. The van der Waals surface area contributed by atoms with Crippen LogP contribution in [0.1, 0.15) is 5.69 Å². The van der Waals surface area contributed by atoms with Crippen molar-refractivity contribution < 1.29 is 8.78 Å². The number of nitrogens with two attached hydrogens (primary N) is 1. The summed E-state index contributed by atoms with van der Waals surface area (Å²) in [5.74, 6) is -0.759. The Morgan fingerprint density at radius 3 is 2.38 bits per heavy atom. The van der Waals surface area contributed by atoms with Crippen LogP contribution in [0, 0.1) is 11.6 Å². The summed E-state index contributed by atoms with van der Waals surface area (Å²) in [5, 5.41) is 7.99. The van der Waals surface area contributed by atoms with Gasteiger partial charge in [-0.3, -0.25) is 0 Å². The first-order valence-electron chi connectivity index (χ1n) is 6.35. The lowest BCUT2D eigenvalue weighted by Gasteiger charge is -2.08. The molecule has 0 aliphatic heterocycles. The van der Waals surface area contributed by atoms with Crippen LogP contribution < -0.4 is 5.73 Å². The van der Waals surface area contributed by atoms with Crippen molar-refractivity contribution in [3.63, 3.8) is 0 Å². The number of aromatic nitrogens is 3. The van der Waals surface area contributed by atoms with E-state index in [9.17, 15) is 8.78 Å². The maximum Gasteiger partial charge on any atom is 0.125 e. The average molecular weight is 286 g/mol. The zero-order chi connectivity index (χ0) is 14.8. The lowest BCUT2D eigenvalue weighted by atomic mass is 10.1. The van der Waals surface area contributed by atoms with Crippen LogP contribution >= 0.6 is 0 Å². The first kappa shape index (κ1) is 13.4. The van der Waals surface area contributed by atoms with Crippen molar-refractivity contribution >= 4 is 0 Å². The van der Waals surface area contributed by atoms with Crippen LogP contribution in [0.5, 0.6) is 0 Å². The molecule has 21 heavy (non-hydrogen) atoms. The van der Waals surface area contributed by atoms with Gasteiger partial charge in [0, 0.05) is 12.1 Å². The summed E-state index contributed by atoms with van der Waals surface area (Å²) in [6, 6.07) is 12.0. The second-order valence-corrected chi connectivity index (χ2v) is 4.49. The van der Waals surface area contributed by atoms with E-state index >= 15 is 0 Å². The van der Waals surface area contributed by atoms with Crippen LogP contribution in [0.2, 0.25) is 0 Å². The summed E-state index contributed by atoms with van der Waals surface area (Å²) in [6.45, 7) is 0.154. The first-order chi connectivity index (χ1) is 10.2. The summed E-state index contributed by atoms with van der Waals surface area (Å²) in [4.78, 5) is 0. The molecule has 3 aromatic rings. The Bertz CT molecular complexity index is 783. The Hall–Kier alpha value is -2.60. The van der Waals surface area contributed by atoms with Gasteiger partial charge < -0.3 is 5.73 Å². The molecule has 4 nitrogen and oxygen atoms in total. The second-order valence-electron chi connectivity index (χ2n) is 4.49. The number of hydrogen-bond donors (Lipinski definition) is 1. The van der Waals surface area contributed by atoms with Gasteiger partial charge in [-0.15, -0.1) is 5.10 Å². The van der Waals surface area contributed by atoms with Gasteiger partial charge in [0.1, 0.15) is 17.3 Å². The normalized spacial score (nSPS) is 10.8. The van der Waals surface area contributed by atoms with Crippen molar-refractivity contribution in [2.75, 3.05) is 0 Å². The van der Waals surface area contributed by atoms with Crippen molar-refractivity contribution in [1.82, 2.24) is 15.0 Å². The van der Waals surface area contributed by atoms with Gasteiger partial charge in [-0.1, -0.05) is 23.4 Å². The summed E-state index contributed by atoms with van der Waals surface area (Å²) < 4.78 is 28.3. The van der Waals surface area contributed by atoms with Gasteiger partial charge in [0.2, 0.25) is 0 Å². The molecule has 3 rings (SSSR count). The summed E-state index contributed by atoms with van der Waals surface area (Å²) in [7, 11) is 0. The average Bonchev–Trinajstić information content (AvgIpc) is 2.91. The van der Waals surface area contributed by atoms with Crippen LogP contribution in [0.15, 0.2) is 48.5 Å². The molecule has 0 aliphatic carbocycles. The summed E-state index contributed by atoms with van der Waals surface area (Å²) in [6.07, 6.45) is 0. The monoisotopic (exact) mass is 286 g/mol. The van der Waals surface area contributed by atoms with E-state index in [4.69, 9.17) is 5.73 Å². The molecular formula is C15H12F2N4. The zero-order valence-corrected chi connectivity index (χ0v) is 11.0. The Balaban J connectivity index is 2.21. The standard InChI is InChI=1S/C15H12F2N4/c16-11-4-1-3-10(7-11)15-14(9-18)19-20-21(15)13-6-2-5-12(17)8-13/h1-8H,9,18H2. The predicted octanol–water partition coefficient (Wildman–Crippen LogP) is 2.67. The fourth-order valence-corrected chi connectivity index (χ4v) is 2.16.